The third-order valence-corrected chi connectivity index (χ3v) is 6.78. The molecule has 3 nitrogen and oxygen atoms in total. The van der Waals surface area contributed by atoms with Gasteiger partial charge in [-0.3, -0.25) is 0 Å². The van der Waals surface area contributed by atoms with Gasteiger partial charge >= 0.3 is 0 Å². The van der Waals surface area contributed by atoms with Crippen molar-refractivity contribution in [2.24, 2.45) is 11.8 Å². The molecule has 1 heterocycles. The van der Waals surface area contributed by atoms with Gasteiger partial charge in [0.1, 0.15) is 0 Å². The van der Waals surface area contributed by atoms with Crippen LogP contribution >= 0.6 is 23.2 Å². The number of sulfonamides is 1. The van der Waals surface area contributed by atoms with Gasteiger partial charge in [0.05, 0.1) is 4.90 Å². The maximum absolute atomic E-state index is 12.6. The summed E-state index contributed by atoms with van der Waals surface area (Å²) < 4.78 is 26.9. The lowest BCUT2D eigenvalue weighted by Crippen LogP contribution is -2.39. The zero-order valence-electron chi connectivity index (χ0n) is 12.4. The second-order valence-electron chi connectivity index (χ2n) is 5.87. The number of hydrogen-bond donors (Lipinski definition) is 0. The van der Waals surface area contributed by atoms with E-state index in [9.17, 15) is 8.42 Å². The fraction of sp³-hybridized carbons (Fsp3) is 0.600. The van der Waals surface area contributed by atoms with E-state index in [1.165, 1.54) is 6.07 Å². The summed E-state index contributed by atoms with van der Waals surface area (Å²) in [5.41, 5.74) is 0.746. The van der Waals surface area contributed by atoms with E-state index in [-0.39, 0.29) is 10.8 Å². The maximum Gasteiger partial charge on any atom is 0.243 e. The van der Waals surface area contributed by atoms with Crippen molar-refractivity contribution in [1.82, 2.24) is 4.31 Å². The Morgan fingerprint density at radius 1 is 1.29 bits per heavy atom. The van der Waals surface area contributed by atoms with E-state index >= 15 is 0 Å². The van der Waals surface area contributed by atoms with Crippen LogP contribution in [0.1, 0.15) is 32.3 Å². The second-order valence-corrected chi connectivity index (χ2v) is 8.48. The van der Waals surface area contributed by atoms with Crippen molar-refractivity contribution in [3.8, 4) is 0 Å². The molecule has 118 valence electrons. The molecular formula is C15H21Cl2NO2S. The van der Waals surface area contributed by atoms with E-state index < -0.39 is 10.0 Å². The van der Waals surface area contributed by atoms with Gasteiger partial charge in [0.15, 0.2) is 0 Å². The van der Waals surface area contributed by atoms with Crippen LogP contribution in [0.25, 0.3) is 0 Å². The topological polar surface area (TPSA) is 37.4 Å². The molecule has 0 atom stereocenters. The standard InChI is InChI=1S/C15H21Cl2NO2S/c1-11(2)12-5-7-18(8-6-12)21(19,20)14-4-3-13(10-16)15(17)9-14/h3-4,9,11-12H,5-8,10H2,1-2H3. The van der Waals surface area contributed by atoms with Gasteiger partial charge in [0.25, 0.3) is 0 Å². The number of benzene rings is 1. The van der Waals surface area contributed by atoms with Crippen molar-refractivity contribution >= 4 is 33.2 Å². The molecule has 6 heteroatoms. The predicted octanol–water partition coefficient (Wildman–Crippen LogP) is 4.14. The first kappa shape index (κ1) is 17.1. The first-order valence-electron chi connectivity index (χ1n) is 7.20. The number of nitrogens with zero attached hydrogens (tertiary/aromatic N) is 1. The summed E-state index contributed by atoms with van der Waals surface area (Å²) in [6, 6.07) is 4.78. The molecule has 0 unspecified atom stereocenters. The molecule has 2 rings (SSSR count). The Kier molecular flexibility index (Phi) is 5.58. The highest BCUT2D eigenvalue weighted by Crippen LogP contribution is 2.29. The minimum atomic E-state index is -3.45. The summed E-state index contributed by atoms with van der Waals surface area (Å²) >= 11 is 11.8. The van der Waals surface area contributed by atoms with E-state index in [0.29, 0.717) is 29.9 Å². The van der Waals surface area contributed by atoms with Crippen LogP contribution < -0.4 is 0 Å². The summed E-state index contributed by atoms with van der Waals surface area (Å²) in [4.78, 5) is 0.254. The molecule has 0 aromatic heterocycles. The normalized spacial score (nSPS) is 18.3. The highest BCUT2D eigenvalue weighted by Gasteiger charge is 2.30. The van der Waals surface area contributed by atoms with E-state index in [1.807, 2.05) is 0 Å². The van der Waals surface area contributed by atoms with E-state index in [2.05, 4.69) is 13.8 Å². The molecule has 1 aromatic carbocycles. The molecule has 0 amide bonds. The largest absolute Gasteiger partial charge is 0.243 e. The zero-order valence-corrected chi connectivity index (χ0v) is 14.7. The summed E-state index contributed by atoms with van der Waals surface area (Å²) in [6.45, 7) is 5.55. The van der Waals surface area contributed by atoms with E-state index in [0.717, 1.165) is 18.4 Å². The van der Waals surface area contributed by atoms with Crippen molar-refractivity contribution < 1.29 is 8.42 Å². The van der Waals surface area contributed by atoms with Gasteiger partial charge in [0, 0.05) is 24.0 Å². The van der Waals surface area contributed by atoms with Crippen molar-refractivity contribution in [3.63, 3.8) is 0 Å². The maximum atomic E-state index is 12.6. The fourth-order valence-corrected chi connectivity index (χ4v) is 4.84. The third kappa shape index (κ3) is 3.73. The third-order valence-electron chi connectivity index (χ3n) is 4.25. The van der Waals surface area contributed by atoms with Crippen LogP contribution in [0, 0.1) is 11.8 Å². The molecule has 1 aliphatic rings. The molecule has 1 aromatic rings. The minimum absolute atomic E-state index is 0.254. The Balaban J connectivity index is 2.17. The number of piperidine rings is 1. The fourth-order valence-electron chi connectivity index (χ4n) is 2.73. The van der Waals surface area contributed by atoms with Crippen LogP contribution in [0.5, 0.6) is 0 Å². The molecule has 0 N–H and O–H groups in total. The monoisotopic (exact) mass is 349 g/mol. The van der Waals surface area contributed by atoms with Crippen LogP contribution in [-0.4, -0.2) is 25.8 Å². The van der Waals surface area contributed by atoms with Gasteiger partial charge in [-0.1, -0.05) is 31.5 Å². The van der Waals surface area contributed by atoms with E-state index in [4.69, 9.17) is 23.2 Å². The highest BCUT2D eigenvalue weighted by molar-refractivity contribution is 7.89. The van der Waals surface area contributed by atoms with Crippen LogP contribution in [0.15, 0.2) is 23.1 Å². The van der Waals surface area contributed by atoms with Gasteiger partial charge in [-0.05, 0) is 42.4 Å². The lowest BCUT2D eigenvalue weighted by Gasteiger charge is -2.33. The van der Waals surface area contributed by atoms with Gasteiger partial charge < -0.3 is 0 Å². The Bertz CT molecular complexity index is 594. The predicted molar refractivity (Wildman–Crippen MR) is 87.3 cm³/mol. The molecule has 0 aliphatic carbocycles. The van der Waals surface area contributed by atoms with Crippen molar-refractivity contribution in [2.45, 2.75) is 37.5 Å². The minimum Gasteiger partial charge on any atom is -0.207 e. The summed E-state index contributed by atoms with van der Waals surface area (Å²) in [5.74, 6) is 1.49. The van der Waals surface area contributed by atoms with Crippen LogP contribution in [0.3, 0.4) is 0 Å². The molecule has 1 saturated heterocycles. The van der Waals surface area contributed by atoms with Crippen molar-refractivity contribution in [2.75, 3.05) is 13.1 Å². The second kappa shape index (κ2) is 6.86. The summed E-state index contributed by atoms with van der Waals surface area (Å²) in [6.07, 6.45) is 1.84. The summed E-state index contributed by atoms with van der Waals surface area (Å²) in [7, 11) is -3.45. The van der Waals surface area contributed by atoms with Gasteiger partial charge in [-0.15, -0.1) is 11.6 Å². The Morgan fingerprint density at radius 3 is 2.38 bits per heavy atom. The highest BCUT2D eigenvalue weighted by atomic mass is 35.5. The zero-order chi connectivity index (χ0) is 15.6. The smallest absolute Gasteiger partial charge is 0.207 e. The first-order chi connectivity index (χ1) is 9.86. The van der Waals surface area contributed by atoms with Crippen molar-refractivity contribution in [1.29, 1.82) is 0 Å². The first-order valence-corrected chi connectivity index (χ1v) is 9.56. The Morgan fingerprint density at radius 2 is 1.90 bits per heavy atom. The Labute approximate surface area is 137 Å². The Hall–Kier alpha value is -0.290. The molecule has 21 heavy (non-hydrogen) atoms. The molecule has 0 radical (unpaired) electrons. The lowest BCUT2D eigenvalue weighted by atomic mass is 9.87. The molecule has 0 bridgehead atoms. The number of alkyl halides is 1. The molecule has 0 spiro atoms. The van der Waals surface area contributed by atoms with Gasteiger partial charge in [0.2, 0.25) is 10.0 Å². The van der Waals surface area contributed by atoms with Crippen LogP contribution in [0.4, 0.5) is 0 Å². The number of rotatable bonds is 4. The molecular weight excluding hydrogens is 329 g/mol. The average molecular weight is 350 g/mol. The molecule has 0 saturated carbocycles. The van der Waals surface area contributed by atoms with Crippen molar-refractivity contribution in [3.05, 3.63) is 28.8 Å². The SMILES string of the molecule is CC(C)C1CCN(S(=O)(=O)c2ccc(CCl)c(Cl)c2)CC1. The number of hydrogen-bond acceptors (Lipinski definition) is 2. The quantitative estimate of drug-likeness (QED) is 0.766. The average Bonchev–Trinajstić information content (AvgIpc) is 2.47. The summed E-state index contributed by atoms with van der Waals surface area (Å²) in [5, 5.41) is 0.406. The van der Waals surface area contributed by atoms with Gasteiger partial charge in [-0.2, -0.15) is 4.31 Å². The van der Waals surface area contributed by atoms with Crippen LogP contribution in [-0.2, 0) is 15.9 Å². The van der Waals surface area contributed by atoms with Gasteiger partial charge in [-0.25, -0.2) is 8.42 Å². The van der Waals surface area contributed by atoms with E-state index in [1.54, 1.807) is 16.4 Å². The molecule has 1 aliphatic heterocycles. The lowest BCUT2D eigenvalue weighted by molar-refractivity contribution is 0.226. The van der Waals surface area contributed by atoms with Crippen LogP contribution in [0.2, 0.25) is 5.02 Å². The number of halogens is 2. The molecule has 1 fully saturated rings.